The Balaban J connectivity index is 1.64. The Labute approximate surface area is 263 Å². The van der Waals surface area contributed by atoms with Crippen LogP contribution in [0, 0.1) is 5.92 Å². The van der Waals surface area contributed by atoms with Gasteiger partial charge in [0.1, 0.15) is 18.6 Å². The number of hydrogen-bond acceptors (Lipinski definition) is 8. The lowest BCUT2D eigenvalue weighted by Gasteiger charge is -2.25. The van der Waals surface area contributed by atoms with Crippen LogP contribution in [-0.4, -0.2) is 72.9 Å². The third kappa shape index (κ3) is 9.58. The molecule has 0 saturated carbocycles. The molecule has 0 fully saturated rings. The number of hydrogen-bond donors (Lipinski definition) is 4. The molecule has 0 saturated heterocycles. The predicted molar refractivity (Wildman–Crippen MR) is 162 cm³/mol. The average Bonchev–Trinajstić information content (AvgIpc) is 3.41. The number of aliphatic carboxylic acids is 1. The van der Waals surface area contributed by atoms with Crippen molar-refractivity contribution in [1.82, 2.24) is 36.2 Å². The molecule has 0 aliphatic carbocycles. The molecule has 3 rings (SSSR count). The predicted octanol–water partition coefficient (Wildman–Crippen LogP) is 2.45. The van der Waals surface area contributed by atoms with Gasteiger partial charge in [-0.2, -0.15) is 0 Å². The van der Waals surface area contributed by atoms with Crippen molar-refractivity contribution in [3.63, 3.8) is 0 Å². The highest BCUT2D eigenvalue weighted by molar-refractivity contribution is 6.39. The van der Waals surface area contributed by atoms with Crippen LogP contribution in [0.25, 0.3) is 11.4 Å². The standard InChI is InChI=1S/C29H33Cl2N7O6/c1-16(2)26(34-23(40)13-12-18-8-5-4-6-9-18)29(44)32-17(3)28(43)33-21(14-24(41)42)22(39)15-38-27(35-36-37-38)25-19(30)10-7-11-20(25)31/h4-11,16-17,21,26H,12-15H2,1-3H3,(H,32,44)(H,33,43)(H,34,40)(H,41,42)/t17-,21?,26-/m0/s1. The lowest BCUT2D eigenvalue weighted by atomic mass is 10.0. The highest BCUT2D eigenvalue weighted by Crippen LogP contribution is 2.32. The minimum atomic E-state index is -1.48. The molecule has 4 N–H and O–H groups in total. The molecule has 15 heteroatoms. The van der Waals surface area contributed by atoms with Crippen LogP contribution in [0.3, 0.4) is 0 Å². The summed E-state index contributed by atoms with van der Waals surface area (Å²) < 4.78 is 1.09. The Kier molecular flexibility index (Phi) is 12.4. The van der Waals surface area contributed by atoms with E-state index < -0.39 is 54.7 Å². The van der Waals surface area contributed by atoms with Gasteiger partial charge < -0.3 is 21.1 Å². The fourth-order valence-corrected chi connectivity index (χ4v) is 4.79. The molecule has 0 bridgehead atoms. The molecule has 3 amide bonds. The SMILES string of the molecule is CC(C)[C@H](NC(=O)CCc1ccccc1)C(=O)N[C@@H](C)C(=O)NC(CC(=O)O)C(=O)Cn1nnnc1-c1c(Cl)cccc1Cl. The van der Waals surface area contributed by atoms with Gasteiger partial charge in [-0.05, 0) is 47.4 Å². The maximum atomic E-state index is 13.2. The van der Waals surface area contributed by atoms with Crippen LogP contribution < -0.4 is 16.0 Å². The van der Waals surface area contributed by atoms with Gasteiger partial charge in [-0.3, -0.25) is 24.0 Å². The summed E-state index contributed by atoms with van der Waals surface area (Å²) in [5, 5.41) is 28.7. The summed E-state index contributed by atoms with van der Waals surface area (Å²) in [5.74, 6) is -4.03. The van der Waals surface area contributed by atoms with Crippen molar-refractivity contribution >= 4 is 52.7 Å². The molecule has 1 aromatic heterocycles. The van der Waals surface area contributed by atoms with E-state index in [2.05, 4.69) is 31.5 Å². The Bertz CT molecular complexity index is 1480. The van der Waals surface area contributed by atoms with Crippen LogP contribution >= 0.6 is 23.2 Å². The molecule has 234 valence electrons. The molecule has 0 aliphatic heterocycles. The van der Waals surface area contributed by atoms with E-state index in [0.717, 1.165) is 10.2 Å². The van der Waals surface area contributed by atoms with Crippen molar-refractivity contribution in [1.29, 1.82) is 0 Å². The summed E-state index contributed by atoms with van der Waals surface area (Å²) in [6.45, 7) is 4.37. The lowest BCUT2D eigenvalue weighted by Crippen LogP contribution is -2.56. The summed E-state index contributed by atoms with van der Waals surface area (Å²) >= 11 is 12.5. The summed E-state index contributed by atoms with van der Waals surface area (Å²) in [7, 11) is 0. The number of Topliss-reactive ketones (excluding diaryl/α,β-unsaturated/α-hetero) is 1. The molecule has 2 aromatic carbocycles. The van der Waals surface area contributed by atoms with E-state index in [1.807, 2.05) is 30.3 Å². The third-order valence-electron chi connectivity index (χ3n) is 6.61. The summed E-state index contributed by atoms with van der Waals surface area (Å²) in [6.07, 6.45) is -0.0721. The quantitative estimate of drug-likeness (QED) is 0.193. The summed E-state index contributed by atoms with van der Waals surface area (Å²) in [6, 6.07) is 10.6. The Morgan fingerprint density at radius 2 is 1.55 bits per heavy atom. The second-order valence-corrected chi connectivity index (χ2v) is 11.2. The highest BCUT2D eigenvalue weighted by Gasteiger charge is 2.30. The molecule has 3 aromatic rings. The van der Waals surface area contributed by atoms with E-state index in [4.69, 9.17) is 23.2 Å². The fraction of sp³-hybridized carbons (Fsp3) is 0.379. The van der Waals surface area contributed by atoms with Gasteiger partial charge in [0.2, 0.25) is 17.7 Å². The molecule has 13 nitrogen and oxygen atoms in total. The lowest BCUT2D eigenvalue weighted by molar-refractivity contribution is -0.140. The van der Waals surface area contributed by atoms with Crippen molar-refractivity contribution < 1.29 is 29.1 Å². The Morgan fingerprint density at radius 3 is 2.16 bits per heavy atom. The minimum absolute atomic E-state index is 0.0699. The monoisotopic (exact) mass is 645 g/mol. The van der Waals surface area contributed by atoms with Crippen LogP contribution in [-0.2, 0) is 36.9 Å². The van der Waals surface area contributed by atoms with Gasteiger partial charge in [-0.15, -0.1) is 5.10 Å². The van der Waals surface area contributed by atoms with Gasteiger partial charge in [0.25, 0.3) is 0 Å². The number of aromatic nitrogens is 4. The van der Waals surface area contributed by atoms with Crippen molar-refractivity contribution in [2.24, 2.45) is 5.92 Å². The number of nitrogens with zero attached hydrogens (tertiary/aromatic N) is 4. The zero-order chi connectivity index (χ0) is 32.4. The molecule has 0 radical (unpaired) electrons. The average molecular weight is 647 g/mol. The van der Waals surface area contributed by atoms with Crippen molar-refractivity contribution in [2.75, 3.05) is 0 Å². The molecule has 0 aliphatic rings. The number of benzene rings is 2. The Hall–Kier alpha value is -4.36. The van der Waals surface area contributed by atoms with Crippen LogP contribution in [0.4, 0.5) is 0 Å². The second kappa shape index (κ2) is 15.9. The van der Waals surface area contributed by atoms with Crippen molar-refractivity contribution in [2.45, 2.75) is 64.7 Å². The molecule has 1 heterocycles. The maximum absolute atomic E-state index is 13.2. The third-order valence-corrected chi connectivity index (χ3v) is 7.24. The zero-order valence-corrected chi connectivity index (χ0v) is 25.8. The summed E-state index contributed by atoms with van der Waals surface area (Å²) in [5.41, 5.74) is 1.25. The van der Waals surface area contributed by atoms with Crippen LogP contribution in [0.1, 0.15) is 39.2 Å². The molecule has 0 spiro atoms. The van der Waals surface area contributed by atoms with Gasteiger partial charge in [-0.25, -0.2) is 4.68 Å². The minimum Gasteiger partial charge on any atom is -0.481 e. The van der Waals surface area contributed by atoms with Gasteiger partial charge in [0.15, 0.2) is 11.6 Å². The number of tetrazole rings is 1. The molecular formula is C29H33Cl2N7O6. The first kappa shape index (κ1) is 34.1. The van der Waals surface area contributed by atoms with Crippen molar-refractivity contribution in [3.8, 4) is 11.4 Å². The fourth-order valence-electron chi connectivity index (χ4n) is 4.23. The van der Waals surface area contributed by atoms with E-state index in [-0.39, 0.29) is 39.7 Å². The zero-order valence-electron chi connectivity index (χ0n) is 24.3. The number of ketones is 1. The largest absolute Gasteiger partial charge is 0.481 e. The first-order chi connectivity index (χ1) is 20.9. The van der Waals surface area contributed by atoms with Crippen LogP contribution in [0.15, 0.2) is 48.5 Å². The number of carboxylic acids is 1. The topological polar surface area (TPSA) is 185 Å². The van der Waals surface area contributed by atoms with E-state index in [1.165, 1.54) is 6.92 Å². The van der Waals surface area contributed by atoms with Gasteiger partial charge >= 0.3 is 5.97 Å². The first-order valence-electron chi connectivity index (χ1n) is 13.8. The Morgan fingerprint density at radius 1 is 0.886 bits per heavy atom. The number of carbonyl (C=O) groups is 5. The summed E-state index contributed by atoms with van der Waals surface area (Å²) in [4.78, 5) is 63.3. The number of nitrogens with one attached hydrogen (secondary N) is 3. The normalized spacial score (nSPS) is 13.0. The molecule has 3 atom stereocenters. The number of carbonyl (C=O) groups excluding carboxylic acids is 4. The molecular weight excluding hydrogens is 613 g/mol. The van der Waals surface area contributed by atoms with Gasteiger partial charge in [-0.1, -0.05) is 73.4 Å². The van der Waals surface area contributed by atoms with E-state index >= 15 is 0 Å². The smallest absolute Gasteiger partial charge is 0.305 e. The molecule has 44 heavy (non-hydrogen) atoms. The van der Waals surface area contributed by atoms with E-state index in [0.29, 0.717) is 6.42 Å². The van der Waals surface area contributed by atoms with Gasteiger partial charge in [0, 0.05) is 6.42 Å². The second-order valence-electron chi connectivity index (χ2n) is 10.4. The number of carboxylic acid groups (broad SMARTS) is 1. The number of rotatable bonds is 15. The first-order valence-corrected chi connectivity index (χ1v) is 14.5. The van der Waals surface area contributed by atoms with Crippen LogP contribution in [0.2, 0.25) is 10.0 Å². The van der Waals surface area contributed by atoms with E-state index in [9.17, 15) is 29.1 Å². The highest BCUT2D eigenvalue weighted by atomic mass is 35.5. The number of aryl methyl sites for hydroxylation is 1. The van der Waals surface area contributed by atoms with Gasteiger partial charge in [0.05, 0.1) is 28.1 Å². The maximum Gasteiger partial charge on any atom is 0.305 e. The van der Waals surface area contributed by atoms with Crippen molar-refractivity contribution in [3.05, 3.63) is 64.1 Å². The molecule has 1 unspecified atom stereocenters. The number of amides is 3. The van der Waals surface area contributed by atoms with Crippen LogP contribution in [0.5, 0.6) is 0 Å². The number of halogens is 2. The van der Waals surface area contributed by atoms with E-state index in [1.54, 1.807) is 32.0 Å².